The Morgan fingerprint density at radius 1 is 1.18 bits per heavy atom. The number of halogens is 3. The molecule has 5 heterocycles. The van der Waals surface area contributed by atoms with E-state index in [4.69, 9.17) is 0 Å². The summed E-state index contributed by atoms with van der Waals surface area (Å²) in [5.41, 5.74) is 0.256. The highest BCUT2D eigenvalue weighted by atomic mass is 19.4. The Labute approximate surface area is 187 Å². The zero-order valence-electron chi connectivity index (χ0n) is 17.9. The molecule has 2 saturated heterocycles. The van der Waals surface area contributed by atoms with Crippen molar-refractivity contribution in [2.75, 3.05) is 18.4 Å². The number of piperidine rings is 2. The van der Waals surface area contributed by atoms with Gasteiger partial charge in [-0.05, 0) is 56.4 Å². The molecule has 1 amide bonds. The second-order valence-corrected chi connectivity index (χ2v) is 8.67. The summed E-state index contributed by atoms with van der Waals surface area (Å²) in [6, 6.07) is 5.90. The number of fused-ring (bicyclic) bond motifs is 2. The first kappa shape index (κ1) is 21.4. The van der Waals surface area contributed by atoms with Crippen LogP contribution in [0.2, 0.25) is 0 Å². The van der Waals surface area contributed by atoms with Crippen molar-refractivity contribution in [3.05, 3.63) is 59.8 Å². The van der Waals surface area contributed by atoms with E-state index in [0.29, 0.717) is 36.2 Å². The van der Waals surface area contributed by atoms with Crippen LogP contribution in [0.5, 0.6) is 0 Å². The van der Waals surface area contributed by atoms with Gasteiger partial charge in [-0.1, -0.05) is 0 Å². The van der Waals surface area contributed by atoms with Gasteiger partial charge in [0.15, 0.2) is 5.69 Å². The molecule has 3 fully saturated rings. The quantitative estimate of drug-likeness (QED) is 0.631. The maximum Gasteiger partial charge on any atom is 0.417 e. The highest BCUT2D eigenvalue weighted by Crippen LogP contribution is 2.49. The molecule has 3 aromatic rings. The molecule has 2 bridgehead atoms. The molecule has 1 aliphatic carbocycles. The second kappa shape index (κ2) is 7.82. The van der Waals surface area contributed by atoms with Crippen molar-refractivity contribution >= 4 is 11.7 Å². The third-order valence-corrected chi connectivity index (χ3v) is 6.46. The number of pyridine rings is 2. The SMILES string of the molecule is Cc1ccc(-n2nccn2)c(C(=O)N2CCC3CC2(CNc2ccc(C(F)(F)F)cn2)C3)n1. The smallest absolute Gasteiger partial charge is 0.368 e. The van der Waals surface area contributed by atoms with Crippen molar-refractivity contribution in [2.45, 2.75) is 37.9 Å². The normalized spacial score (nSPS) is 22.1. The van der Waals surface area contributed by atoms with Gasteiger partial charge in [-0.2, -0.15) is 23.4 Å². The fraction of sp³-hybridized carbons (Fsp3) is 0.409. The number of anilines is 1. The summed E-state index contributed by atoms with van der Waals surface area (Å²) in [5, 5.41) is 11.4. The van der Waals surface area contributed by atoms with Gasteiger partial charge >= 0.3 is 6.18 Å². The van der Waals surface area contributed by atoms with E-state index in [2.05, 4.69) is 25.5 Å². The molecule has 33 heavy (non-hydrogen) atoms. The highest BCUT2D eigenvalue weighted by molar-refractivity contribution is 5.96. The van der Waals surface area contributed by atoms with Gasteiger partial charge < -0.3 is 10.2 Å². The lowest BCUT2D eigenvalue weighted by molar-refractivity contribution is -0.137. The monoisotopic (exact) mass is 457 g/mol. The van der Waals surface area contributed by atoms with Gasteiger partial charge in [0.25, 0.3) is 5.91 Å². The number of hydrogen-bond acceptors (Lipinski definition) is 6. The number of rotatable bonds is 5. The van der Waals surface area contributed by atoms with E-state index in [0.717, 1.165) is 31.5 Å². The second-order valence-electron chi connectivity index (χ2n) is 8.67. The summed E-state index contributed by atoms with van der Waals surface area (Å²) in [4.78, 5) is 25.3. The van der Waals surface area contributed by atoms with Crippen molar-refractivity contribution in [2.24, 2.45) is 5.92 Å². The van der Waals surface area contributed by atoms with Crippen LogP contribution in [0.3, 0.4) is 0 Å². The van der Waals surface area contributed by atoms with E-state index in [-0.39, 0.29) is 11.6 Å². The number of nitrogens with zero attached hydrogens (tertiary/aromatic N) is 6. The lowest BCUT2D eigenvalue weighted by atomic mass is 9.62. The summed E-state index contributed by atoms with van der Waals surface area (Å²) in [7, 11) is 0. The first-order valence-corrected chi connectivity index (χ1v) is 10.7. The zero-order valence-corrected chi connectivity index (χ0v) is 17.9. The van der Waals surface area contributed by atoms with Gasteiger partial charge in [-0.15, -0.1) is 4.80 Å². The van der Waals surface area contributed by atoms with Gasteiger partial charge in [-0.25, -0.2) is 9.97 Å². The number of carbonyl (C=O) groups is 1. The average Bonchev–Trinajstić information content (AvgIpc) is 3.31. The predicted molar refractivity (Wildman–Crippen MR) is 113 cm³/mol. The van der Waals surface area contributed by atoms with E-state index in [1.165, 1.54) is 23.3 Å². The zero-order chi connectivity index (χ0) is 23.2. The maximum absolute atomic E-state index is 13.7. The molecule has 1 saturated carbocycles. The van der Waals surface area contributed by atoms with E-state index >= 15 is 0 Å². The molecule has 0 aromatic carbocycles. The van der Waals surface area contributed by atoms with Crippen molar-refractivity contribution in [1.82, 2.24) is 29.9 Å². The van der Waals surface area contributed by atoms with Crippen LogP contribution < -0.4 is 5.32 Å². The van der Waals surface area contributed by atoms with E-state index in [1.54, 1.807) is 12.1 Å². The summed E-state index contributed by atoms with van der Waals surface area (Å²) in [6.07, 6.45) is 2.02. The minimum atomic E-state index is -4.43. The van der Waals surface area contributed by atoms with Gasteiger partial charge in [0.1, 0.15) is 11.5 Å². The van der Waals surface area contributed by atoms with Crippen LogP contribution in [0.15, 0.2) is 42.9 Å². The first-order chi connectivity index (χ1) is 15.7. The van der Waals surface area contributed by atoms with Crippen LogP contribution >= 0.6 is 0 Å². The fourth-order valence-electron chi connectivity index (χ4n) is 4.80. The van der Waals surface area contributed by atoms with Crippen LogP contribution in [0.1, 0.15) is 41.0 Å². The molecule has 3 aromatic heterocycles. The molecule has 1 N–H and O–H groups in total. The minimum absolute atomic E-state index is 0.202. The van der Waals surface area contributed by atoms with Gasteiger partial charge in [0.2, 0.25) is 0 Å². The average molecular weight is 457 g/mol. The number of hydrogen-bond donors (Lipinski definition) is 1. The largest absolute Gasteiger partial charge is 0.417 e. The summed E-state index contributed by atoms with van der Waals surface area (Å²) >= 11 is 0. The molecule has 2 aliphatic heterocycles. The van der Waals surface area contributed by atoms with Crippen LogP contribution in [-0.2, 0) is 6.18 Å². The van der Waals surface area contributed by atoms with Crippen LogP contribution in [0.4, 0.5) is 19.0 Å². The summed E-state index contributed by atoms with van der Waals surface area (Å²) in [6.45, 7) is 2.81. The lowest BCUT2D eigenvalue weighted by Crippen LogP contribution is -2.67. The third kappa shape index (κ3) is 3.91. The van der Waals surface area contributed by atoms with E-state index < -0.39 is 17.3 Å². The van der Waals surface area contributed by atoms with Crippen LogP contribution in [-0.4, -0.2) is 54.4 Å². The van der Waals surface area contributed by atoms with Crippen molar-refractivity contribution in [3.8, 4) is 5.69 Å². The Hall–Kier alpha value is -3.50. The van der Waals surface area contributed by atoms with Gasteiger partial charge in [-0.3, -0.25) is 4.79 Å². The number of amides is 1. The molecule has 0 radical (unpaired) electrons. The minimum Gasteiger partial charge on any atom is -0.368 e. The van der Waals surface area contributed by atoms with Crippen molar-refractivity contribution < 1.29 is 18.0 Å². The number of aromatic nitrogens is 5. The highest BCUT2D eigenvalue weighted by Gasteiger charge is 2.54. The Morgan fingerprint density at radius 3 is 2.61 bits per heavy atom. The Kier molecular flexibility index (Phi) is 5.06. The number of carbonyl (C=O) groups excluding carboxylic acids is 1. The predicted octanol–water partition coefficient (Wildman–Crippen LogP) is 3.49. The molecule has 0 unspecified atom stereocenters. The lowest BCUT2D eigenvalue weighted by Gasteiger charge is -2.59. The molecule has 8 nitrogen and oxygen atoms in total. The Bertz CT molecular complexity index is 1160. The van der Waals surface area contributed by atoms with E-state index in [9.17, 15) is 18.0 Å². The van der Waals surface area contributed by atoms with Crippen LogP contribution in [0, 0.1) is 12.8 Å². The van der Waals surface area contributed by atoms with E-state index in [1.807, 2.05) is 11.8 Å². The Balaban J connectivity index is 1.38. The Morgan fingerprint density at radius 2 is 1.94 bits per heavy atom. The molecule has 3 aliphatic rings. The summed E-state index contributed by atoms with van der Waals surface area (Å²) in [5.74, 6) is 0.675. The van der Waals surface area contributed by atoms with Gasteiger partial charge in [0.05, 0.1) is 23.5 Å². The number of alkyl halides is 3. The maximum atomic E-state index is 13.7. The first-order valence-electron chi connectivity index (χ1n) is 10.7. The third-order valence-electron chi connectivity index (χ3n) is 6.46. The summed E-state index contributed by atoms with van der Waals surface area (Å²) < 4.78 is 38.4. The molecule has 0 atom stereocenters. The van der Waals surface area contributed by atoms with Gasteiger partial charge in [0, 0.05) is 25.0 Å². The standard InChI is InChI=1S/C22H22F3N7O/c1-14-2-4-17(32-28-7-8-29-32)19(30-14)20(33)31-9-6-15-10-21(31,11-15)13-27-18-5-3-16(12-26-18)22(23,24)25/h2-5,7-8,12,15H,6,9-11,13H2,1H3,(H,26,27). The fourth-order valence-corrected chi connectivity index (χ4v) is 4.80. The number of aryl methyl sites for hydroxylation is 1. The molecular formula is C22H22F3N7O. The molecule has 6 rings (SSSR count). The molecular weight excluding hydrogens is 435 g/mol. The number of nitrogens with one attached hydrogen (secondary N) is 1. The van der Waals surface area contributed by atoms with Crippen molar-refractivity contribution in [1.29, 1.82) is 0 Å². The topological polar surface area (TPSA) is 88.8 Å². The molecule has 11 heteroatoms. The molecule has 172 valence electrons. The molecule has 0 spiro atoms. The van der Waals surface area contributed by atoms with Crippen molar-refractivity contribution in [3.63, 3.8) is 0 Å². The van der Waals surface area contributed by atoms with Crippen LogP contribution in [0.25, 0.3) is 5.69 Å².